The lowest BCUT2D eigenvalue weighted by molar-refractivity contribution is -0.177. The molecule has 0 saturated carbocycles. The smallest absolute Gasteiger partial charge is 0.397 e. The highest BCUT2D eigenvalue weighted by atomic mass is 32.2. The van der Waals surface area contributed by atoms with Crippen LogP contribution in [0.1, 0.15) is 251 Å². The first-order chi connectivity index (χ1) is 63.7. The van der Waals surface area contributed by atoms with E-state index < -0.39 is 93.5 Å². The Morgan fingerprint density at radius 1 is 0.445 bits per heavy atom. The number of hydrogen-bond donors (Lipinski definition) is 1. The van der Waals surface area contributed by atoms with Crippen molar-refractivity contribution in [3.8, 4) is 23.0 Å². The molecule has 8 aliphatic rings. The molecule has 1 N–H and O–H groups in total. The van der Waals surface area contributed by atoms with Gasteiger partial charge in [0.1, 0.15) is 52.5 Å². The van der Waals surface area contributed by atoms with Gasteiger partial charge in [-0.25, -0.2) is 34.0 Å². The summed E-state index contributed by atoms with van der Waals surface area (Å²) in [6, 6.07) is 32.6. The average Bonchev–Trinajstić information content (AvgIpc) is 1.59. The maximum atomic E-state index is 13.7. The number of ketones is 4. The first-order valence-corrected chi connectivity index (χ1v) is 51.2. The number of alkyl halides is 6. The normalized spacial score (nSPS) is 21.0. The molecule has 5 aromatic carbocycles. The van der Waals surface area contributed by atoms with Crippen molar-refractivity contribution in [1.29, 1.82) is 0 Å². The second-order valence-corrected chi connectivity index (χ2v) is 47.3. The second-order valence-electron chi connectivity index (χ2n) is 40.4. The van der Waals surface area contributed by atoms with E-state index in [0.29, 0.717) is 145 Å². The minimum absolute atomic E-state index is 0.0125. The number of fused-ring (bicyclic) bond motifs is 4. The van der Waals surface area contributed by atoms with Crippen LogP contribution in [0.4, 0.5) is 71.8 Å². The molecule has 0 radical (unpaired) electrons. The lowest BCUT2D eigenvalue weighted by atomic mass is 9.77. The van der Waals surface area contributed by atoms with Crippen molar-refractivity contribution in [2.24, 2.45) is 16.2 Å². The fourth-order valence-corrected chi connectivity index (χ4v) is 24.0. The van der Waals surface area contributed by atoms with Crippen LogP contribution in [0.5, 0.6) is 23.0 Å². The Morgan fingerprint density at radius 3 is 1.14 bits per heavy atom. The van der Waals surface area contributed by atoms with Crippen LogP contribution in [0.3, 0.4) is 0 Å². The van der Waals surface area contributed by atoms with Crippen LogP contribution in [-0.2, 0) is 65.5 Å². The Bertz CT molecular complexity index is 6410. The molecule has 0 spiro atoms. The first kappa shape index (κ1) is 103. The van der Waals surface area contributed by atoms with Crippen molar-refractivity contribution in [3.05, 3.63) is 222 Å². The maximum Gasteiger partial charge on any atom is 0.397 e. The van der Waals surface area contributed by atoms with Crippen LogP contribution < -0.4 is 38.5 Å². The Balaban J connectivity index is 0.000000154. The van der Waals surface area contributed by atoms with E-state index in [4.69, 9.17) is 18.9 Å². The minimum Gasteiger partial charge on any atom is -0.461 e. The fourth-order valence-electron chi connectivity index (χ4n) is 18.6. The third kappa shape index (κ3) is 23.0. The highest BCUT2D eigenvalue weighted by molar-refractivity contribution is 7.91. The zero-order valence-electron chi connectivity index (χ0n) is 79.9. The lowest BCUT2D eigenvalue weighted by Gasteiger charge is -2.32. The van der Waals surface area contributed by atoms with Crippen LogP contribution in [-0.4, -0.2) is 159 Å². The highest BCUT2D eigenvalue weighted by Gasteiger charge is 2.50. The molecule has 137 heavy (non-hydrogen) atoms. The molecular formula is C103H119F6N7O18S3. The molecule has 8 aliphatic heterocycles. The number of aromatic nitrogens is 3. The SMILES string of the molecule is C=C1N(c2cncc(OC(C)(F)F)c2)c2ccc(C(=O)CC3(C)CCS(=O)(=O)CC3)cc2C1(C)C.C=C1N(c2cncc(OC(C)F)c2)c2ccc(C(=O)CC3(C)CCS(=O)(=O)CC3)cc2C1(C)C.CC(F)Oc1cccc(N2C(=O)C(C)(C)c3cc(C(=O)CCC4(O)CCOC4)ccc32)c1.CCC(F)(F)Oc1cncc(N2C(=O)C(C)(C)c3cc(C(=O)CC4(C)CCS(=O)(=O)CC4)ccc32)c1. The number of benzene rings is 5. The molecular weight excluding hydrogens is 1830 g/mol. The third-order valence-electron chi connectivity index (χ3n) is 27.7. The lowest BCUT2D eigenvalue weighted by Crippen LogP contribution is -2.33. The van der Waals surface area contributed by atoms with Crippen LogP contribution in [0.2, 0.25) is 0 Å². The predicted octanol–water partition coefficient (Wildman–Crippen LogP) is 21.0. The van der Waals surface area contributed by atoms with Gasteiger partial charge in [0.25, 0.3) is 0 Å². The van der Waals surface area contributed by atoms with Gasteiger partial charge in [-0.1, -0.05) is 74.6 Å². The number of nitrogens with zero attached hydrogens (tertiary/aromatic N) is 7. The molecule has 34 heteroatoms. The van der Waals surface area contributed by atoms with E-state index in [2.05, 4.69) is 32.8 Å². The Labute approximate surface area is 796 Å². The van der Waals surface area contributed by atoms with E-state index >= 15 is 0 Å². The molecule has 0 bridgehead atoms. The molecule has 4 fully saturated rings. The van der Waals surface area contributed by atoms with E-state index in [1.54, 1.807) is 104 Å². The zero-order chi connectivity index (χ0) is 100. The third-order valence-corrected chi connectivity index (χ3v) is 32.6. The van der Waals surface area contributed by atoms with Gasteiger partial charge in [0.2, 0.25) is 24.5 Å². The summed E-state index contributed by atoms with van der Waals surface area (Å²) >= 11 is 0. The number of rotatable bonds is 26. The molecule has 8 aromatic rings. The van der Waals surface area contributed by atoms with Crippen molar-refractivity contribution in [2.75, 3.05) is 67.3 Å². The molecule has 3 unspecified atom stereocenters. The number of hydrogen-bond acceptors (Lipinski definition) is 23. The van der Waals surface area contributed by atoms with E-state index in [0.717, 1.165) is 33.8 Å². The van der Waals surface area contributed by atoms with Gasteiger partial charge in [-0.05, 0) is 196 Å². The van der Waals surface area contributed by atoms with E-state index in [1.165, 1.54) is 62.6 Å². The summed E-state index contributed by atoms with van der Waals surface area (Å²) in [5, 5.41) is 10.4. The standard InChI is InChI=1S/C26H30F2N2O5S.C26H30F2N2O4S.C26H31FN2O4S.C25H28FNO5/c1-5-26(27,28)35-19-13-18(15-29-16-19)30-21-7-6-17(12-20(21)24(2,3)23(30)32)22(31)14-25(4)8-10-36(33,34)11-9-25;1-17-24(2,3)21-12-18(23(31)14-25(4)8-10-35(32,33)11-9-25)6-7-22(21)30(17)19-13-20(16-29-15-19)34-26(5,27)28;1-17-25(3,4)22-12-19(24(30)14-26(5)8-10-34(31,32)11-9-26)6-7-23(22)29(17)20-13-21(16-28-15-20)33-18(2)27;1-16(26)32-19-6-4-5-18(14-19)27-21-8-7-17(13-20(21)24(2,3)23(27)29)22(28)9-10-25(30)11-12-31-15-25/h6-7,12-13,15-16H,5,8-11,14H2,1-4H3;6-7,12-13,15-16H,1,8-11,14H2,2-5H3;6-7,12-13,15-16,18H,1,8-11,14H2,2-5H3;4-8,13-14,16,30H,9-12,15H2,1-3H3. The zero-order valence-corrected chi connectivity index (χ0v) is 82.3. The van der Waals surface area contributed by atoms with Crippen LogP contribution in [0.25, 0.3) is 0 Å². The number of pyridine rings is 3. The predicted molar refractivity (Wildman–Crippen MR) is 512 cm³/mol. The van der Waals surface area contributed by atoms with E-state index in [-0.39, 0.29) is 123 Å². The summed E-state index contributed by atoms with van der Waals surface area (Å²) < 4.78 is 177. The number of anilines is 8. The number of halogens is 6. The number of carbonyl (C=O) groups is 6. The summed E-state index contributed by atoms with van der Waals surface area (Å²) in [5.41, 5.74) is 7.07. The number of Topliss-reactive ketones (excluding diaryl/α,β-unsaturated/α-hetero) is 4. The summed E-state index contributed by atoms with van der Waals surface area (Å²) in [4.78, 5) is 98.2. The van der Waals surface area contributed by atoms with Crippen molar-refractivity contribution < 1.29 is 109 Å². The first-order valence-electron chi connectivity index (χ1n) is 45.7. The average molecular weight is 1950 g/mol. The van der Waals surface area contributed by atoms with E-state index in [9.17, 15) is 85.5 Å². The molecule has 11 heterocycles. The molecule has 0 aliphatic carbocycles. The van der Waals surface area contributed by atoms with Gasteiger partial charge < -0.3 is 38.6 Å². The Kier molecular flexibility index (Phi) is 29.0. The van der Waals surface area contributed by atoms with Crippen molar-refractivity contribution in [2.45, 2.75) is 240 Å². The van der Waals surface area contributed by atoms with Gasteiger partial charge in [0, 0.05) is 135 Å². The molecule has 2 amide bonds. The van der Waals surface area contributed by atoms with Gasteiger partial charge in [-0.3, -0.25) is 53.5 Å². The van der Waals surface area contributed by atoms with Gasteiger partial charge in [-0.15, -0.1) is 0 Å². The minimum atomic E-state index is -3.36. The van der Waals surface area contributed by atoms with Crippen LogP contribution in [0, 0.1) is 16.2 Å². The number of ether oxygens (including phenoxy) is 5. The monoisotopic (exact) mass is 1950 g/mol. The molecule has 16 rings (SSSR count). The topological polar surface area (TPSA) is 323 Å². The van der Waals surface area contributed by atoms with Crippen molar-refractivity contribution in [1.82, 2.24) is 15.0 Å². The molecule has 734 valence electrons. The molecule has 3 atom stereocenters. The summed E-state index contributed by atoms with van der Waals surface area (Å²) in [7, 11) is -9.04. The molecule has 25 nitrogen and oxygen atoms in total. The number of allylic oxidation sites excluding steroid dienone is 2. The largest absolute Gasteiger partial charge is 0.461 e. The summed E-state index contributed by atoms with van der Waals surface area (Å²) in [6.07, 6.45) is 3.07. The van der Waals surface area contributed by atoms with Crippen molar-refractivity contribution >= 4 is 110 Å². The van der Waals surface area contributed by atoms with Crippen LogP contribution >= 0.6 is 0 Å². The molecule has 4 saturated heterocycles. The Hall–Kier alpha value is -11.2. The summed E-state index contributed by atoms with van der Waals surface area (Å²) in [6.45, 7) is 35.0. The van der Waals surface area contributed by atoms with Crippen LogP contribution in [0.15, 0.2) is 177 Å². The van der Waals surface area contributed by atoms with Crippen molar-refractivity contribution in [3.63, 3.8) is 0 Å². The van der Waals surface area contributed by atoms with Gasteiger partial charge in [0.15, 0.2) is 23.1 Å². The van der Waals surface area contributed by atoms with Gasteiger partial charge >= 0.3 is 12.2 Å². The van der Waals surface area contributed by atoms with Gasteiger partial charge in [-0.2, -0.15) is 17.6 Å². The number of amides is 2. The number of sulfone groups is 3. The number of carbonyl (C=O) groups excluding carboxylic acids is 6. The number of aliphatic hydroxyl groups is 1. The van der Waals surface area contributed by atoms with Gasteiger partial charge in [0.05, 0.1) is 140 Å². The Morgan fingerprint density at radius 2 is 0.774 bits per heavy atom. The summed E-state index contributed by atoms with van der Waals surface area (Å²) in [5.74, 6) is 0.464. The second kappa shape index (κ2) is 38.5. The molecule has 3 aromatic heterocycles. The van der Waals surface area contributed by atoms with E-state index in [1.807, 2.05) is 102 Å². The maximum absolute atomic E-state index is 13.7. The quantitative estimate of drug-likeness (QED) is 0.0389. The highest BCUT2D eigenvalue weighted by Crippen LogP contribution is 2.56. The fraction of sp³-hybridized carbons (Fsp3) is 0.466.